The average Bonchev–Trinajstić information content (AvgIpc) is 2.49. The lowest BCUT2D eigenvalue weighted by atomic mass is 9.98. The molecule has 0 spiro atoms. The van der Waals surface area contributed by atoms with E-state index < -0.39 is 11.6 Å². The van der Waals surface area contributed by atoms with Crippen molar-refractivity contribution in [1.29, 1.82) is 0 Å². The van der Waals surface area contributed by atoms with Crippen molar-refractivity contribution in [3.05, 3.63) is 57.9 Å². The number of carbonyl (C=O) groups excluding carboxylic acids is 1. The Morgan fingerprint density at radius 3 is 2.33 bits per heavy atom. The van der Waals surface area contributed by atoms with Crippen molar-refractivity contribution in [3.8, 4) is 11.5 Å². The normalized spacial score (nSPS) is 10.3. The van der Waals surface area contributed by atoms with E-state index in [-0.39, 0.29) is 11.3 Å². The Balaban J connectivity index is 2.56. The van der Waals surface area contributed by atoms with Crippen LogP contribution in [0.25, 0.3) is 0 Å². The average molecular weight is 309 g/mol. The van der Waals surface area contributed by atoms with Crippen molar-refractivity contribution in [2.75, 3.05) is 14.2 Å². The molecule has 0 unspecified atom stereocenters. The maximum Gasteiger partial charge on any atom is 0.196 e. The van der Waals surface area contributed by atoms with Gasteiger partial charge in [-0.1, -0.05) is 23.7 Å². The minimum atomic E-state index is -0.669. The molecule has 0 amide bonds. The number of rotatable bonds is 4. The van der Waals surface area contributed by atoms with Crippen LogP contribution in [0.4, 0.5) is 4.39 Å². The molecule has 0 heterocycles. The van der Waals surface area contributed by atoms with Gasteiger partial charge in [-0.25, -0.2) is 4.39 Å². The van der Waals surface area contributed by atoms with Gasteiger partial charge in [-0.15, -0.1) is 0 Å². The van der Waals surface area contributed by atoms with Crippen LogP contribution in [0, 0.1) is 12.7 Å². The van der Waals surface area contributed by atoms with Crippen molar-refractivity contribution in [2.24, 2.45) is 0 Å². The highest BCUT2D eigenvalue weighted by Crippen LogP contribution is 2.31. The molecule has 0 N–H and O–H groups in total. The number of carbonyl (C=O) groups is 1. The number of hydrogen-bond donors (Lipinski definition) is 0. The first-order chi connectivity index (χ1) is 9.99. The molecule has 21 heavy (non-hydrogen) atoms. The van der Waals surface area contributed by atoms with Gasteiger partial charge in [0, 0.05) is 16.7 Å². The maximum absolute atomic E-state index is 14.1. The Kier molecular flexibility index (Phi) is 4.48. The third kappa shape index (κ3) is 2.85. The van der Waals surface area contributed by atoms with E-state index in [4.69, 9.17) is 21.1 Å². The molecule has 0 radical (unpaired) electrons. The van der Waals surface area contributed by atoms with Gasteiger partial charge < -0.3 is 9.47 Å². The van der Waals surface area contributed by atoms with Crippen molar-refractivity contribution < 1.29 is 18.7 Å². The first-order valence-electron chi connectivity index (χ1n) is 6.21. The molecule has 0 fully saturated rings. The van der Waals surface area contributed by atoms with E-state index in [1.807, 2.05) is 0 Å². The van der Waals surface area contributed by atoms with E-state index in [1.165, 1.54) is 20.3 Å². The highest BCUT2D eigenvalue weighted by atomic mass is 35.5. The van der Waals surface area contributed by atoms with Gasteiger partial charge in [0.15, 0.2) is 17.3 Å². The zero-order valence-corrected chi connectivity index (χ0v) is 12.6. The molecule has 0 atom stereocenters. The van der Waals surface area contributed by atoms with E-state index in [2.05, 4.69) is 0 Å². The molecular formula is C16H14ClFO3. The second kappa shape index (κ2) is 6.14. The van der Waals surface area contributed by atoms with Crippen molar-refractivity contribution >= 4 is 17.4 Å². The standard InChI is InChI=1S/C16H14ClFO3/c1-9-10(5-4-6-12(9)17)16(19)11-7-14(20-2)15(21-3)8-13(11)18/h4-8H,1-3H3. The Morgan fingerprint density at radius 2 is 1.71 bits per heavy atom. The van der Waals surface area contributed by atoms with Crippen LogP contribution in [0.1, 0.15) is 21.5 Å². The van der Waals surface area contributed by atoms with Crippen LogP contribution in [0.15, 0.2) is 30.3 Å². The zero-order valence-electron chi connectivity index (χ0n) is 11.9. The Hall–Kier alpha value is -2.07. The molecule has 0 aliphatic carbocycles. The molecule has 0 aromatic heterocycles. The topological polar surface area (TPSA) is 35.5 Å². The molecular weight excluding hydrogens is 295 g/mol. The van der Waals surface area contributed by atoms with Crippen LogP contribution >= 0.6 is 11.6 Å². The lowest BCUT2D eigenvalue weighted by molar-refractivity contribution is 0.103. The zero-order chi connectivity index (χ0) is 15.6. The van der Waals surface area contributed by atoms with Gasteiger partial charge in [0.25, 0.3) is 0 Å². The largest absolute Gasteiger partial charge is 0.493 e. The molecule has 2 rings (SSSR count). The Labute approximate surface area is 127 Å². The smallest absolute Gasteiger partial charge is 0.196 e. The van der Waals surface area contributed by atoms with Gasteiger partial charge in [0.05, 0.1) is 19.8 Å². The molecule has 2 aromatic carbocycles. The van der Waals surface area contributed by atoms with Crippen LogP contribution < -0.4 is 9.47 Å². The minimum absolute atomic E-state index is 0.0852. The Morgan fingerprint density at radius 1 is 1.10 bits per heavy atom. The summed E-state index contributed by atoms with van der Waals surface area (Å²) >= 11 is 6.00. The number of benzene rings is 2. The molecule has 0 aliphatic heterocycles. The summed E-state index contributed by atoms with van der Waals surface area (Å²) in [7, 11) is 2.83. The van der Waals surface area contributed by atoms with Gasteiger partial charge in [-0.2, -0.15) is 0 Å². The first kappa shape index (κ1) is 15.3. The quantitative estimate of drug-likeness (QED) is 0.800. The first-order valence-corrected chi connectivity index (χ1v) is 6.58. The number of ketones is 1. The maximum atomic E-state index is 14.1. The van der Waals surface area contributed by atoms with Gasteiger partial charge in [0.1, 0.15) is 5.82 Å². The molecule has 0 saturated carbocycles. The summed E-state index contributed by atoms with van der Waals surface area (Å²) in [5.41, 5.74) is 0.880. The third-order valence-corrected chi connectivity index (χ3v) is 3.64. The predicted octanol–water partition coefficient (Wildman–Crippen LogP) is 4.04. The van der Waals surface area contributed by atoms with Crippen LogP contribution in [0.5, 0.6) is 11.5 Å². The van der Waals surface area contributed by atoms with E-state index in [9.17, 15) is 9.18 Å². The van der Waals surface area contributed by atoms with Gasteiger partial charge in [0.2, 0.25) is 0 Å². The fourth-order valence-corrected chi connectivity index (χ4v) is 2.20. The van der Waals surface area contributed by atoms with Crippen molar-refractivity contribution in [3.63, 3.8) is 0 Å². The minimum Gasteiger partial charge on any atom is -0.493 e. The third-order valence-electron chi connectivity index (χ3n) is 3.23. The summed E-state index contributed by atoms with van der Waals surface area (Å²) in [5.74, 6) is -0.596. The van der Waals surface area contributed by atoms with Gasteiger partial charge in [-0.05, 0) is 24.6 Å². The van der Waals surface area contributed by atoms with Crippen LogP contribution in [0.2, 0.25) is 5.02 Å². The SMILES string of the molecule is COc1cc(F)c(C(=O)c2cccc(Cl)c2C)cc1OC. The molecule has 0 aliphatic rings. The summed E-state index contributed by atoms with van der Waals surface area (Å²) < 4.78 is 24.2. The van der Waals surface area contributed by atoms with E-state index in [1.54, 1.807) is 25.1 Å². The number of ether oxygens (including phenoxy) is 2. The van der Waals surface area contributed by atoms with Crippen LogP contribution in [0.3, 0.4) is 0 Å². The van der Waals surface area contributed by atoms with Crippen molar-refractivity contribution in [2.45, 2.75) is 6.92 Å². The molecule has 0 saturated heterocycles. The lowest BCUT2D eigenvalue weighted by Gasteiger charge is -2.11. The summed E-state index contributed by atoms with van der Waals surface area (Å²) in [6, 6.07) is 7.41. The Bertz CT molecular complexity index is 698. The summed E-state index contributed by atoms with van der Waals surface area (Å²) in [4.78, 5) is 12.5. The second-order valence-electron chi connectivity index (χ2n) is 4.43. The number of hydrogen-bond acceptors (Lipinski definition) is 3. The van der Waals surface area contributed by atoms with E-state index >= 15 is 0 Å². The monoisotopic (exact) mass is 308 g/mol. The highest BCUT2D eigenvalue weighted by molar-refractivity contribution is 6.32. The number of halogens is 2. The van der Waals surface area contributed by atoms with E-state index in [0.29, 0.717) is 21.9 Å². The molecule has 0 bridgehead atoms. The van der Waals surface area contributed by atoms with E-state index in [0.717, 1.165) is 6.07 Å². The lowest BCUT2D eigenvalue weighted by Crippen LogP contribution is -2.07. The summed E-state index contributed by atoms with van der Waals surface area (Å²) in [5, 5.41) is 0.460. The van der Waals surface area contributed by atoms with Crippen molar-refractivity contribution in [1.82, 2.24) is 0 Å². The summed E-state index contributed by atoms with van der Waals surface area (Å²) in [6.45, 7) is 1.72. The van der Waals surface area contributed by atoms with Crippen LogP contribution in [-0.4, -0.2) is 20.0 Å². The van der Waals surface area contributed by atoms with Gasteiger partial charge >= 0.3 is 0 Å². The molecule has 2 aromatic rings. The summed E-state index contributed by atoms with van der Waals surface area (Å²) in [6.07, 6.45) is 0. The highest BCUT2D eigenvalue weighted by Gasteiger charge is 2.20. The second-order valence-corrected chi connectivity index (χ2v) is 4.84. The fourth-order valence-electron chi connectivity index (χ4n) is 2.03. The molecule has 110 valence electrons. The van der Waals surface area contributed by atoms with Gasteiger partial charge in [-0.3, -0.25) is 4.79 Å². The number of methoxy groups -OCH3 is 2. The molecule has 5 heteroatoms. The molecule has 3 nitrogen and oxygen atoms in total. The van der Waals surface area contributed by atoms with Crippen LogP contribution in [-0.2, 0) is 0 Å². The predicted molar refractivity (Wildman–Crippen MR) is 79.1 cm³/mol. The fraction of sp³-hybridized carbons (Fsp3) is 0.188.